The molecule has 0 aliphatic carbocycles. The number of carbonyl (C=O) groups excluding carboxylic acids is 1. The van der Waals surface area contributed by atoms with E-state index in [1.165, 1.54) is 13.0 Å². The highest BCUT2D eigenvalue weighted by Gasteiger charge is 2.20. The second-order valence-electron chi connectivity index (χ2n) is 4.05. The minimum Gasteiger partial charge on any atom is -0.509 e. The summed E-state index contributed by atoms with van der Waals surface area (Å²) in [6.45, 7) is 9.24. The third-order valence-corrected chi connectivity index (χ3v) is 2.36. The van der Waals surface area contributed by atoms with Crippen LogP contribution in [0.2, 0.25) is 19.6 Å². The summed E-state index contributed by atoms with van der Waals surface area (Å²) < 4.78 is 5.57. The third-order valence-electron chi connectivity index (χ3n) is 1.30. The van der Waals surface area contributed by atoms with Gasteiger partial charge in [-0.15, -0.1) is 0 Å². The lowest BCUT2D eigenvalue weighted by atomic mass is 10.3. The first-order chi connectivity index (χ1) is 5.72. The molecule has 0 aromatic carbocycles. The van der Waals surface area contributed by atoms with Crippen LogP contribution in [-0.2, 0) is 9.22 Å². The Labute approximate surface area is 80.5 Å². The molecule has 0 amide bonds. The number of ketones is 1. The Hall–Kier alpha value is -0.613. The second kappa shape index (κ2) is 4.57. The fraction of sp³-hybridized carbons (Fsp3) is 0.667. The summed E-state index contributed by atoms with van der Waals surface area (Å²) in [6.07, 6.45) is 0.820. The molecular weight excluding hydrogens is 184 g/mol. The molecule has 3 nitrogen and oxygen atoms in total. The van der Waals surface area contributed by atoms with E-state index in [1.807, 2.05) is 19.6 Å². The molecule has 0 radical (unpaired) electrons. The summed E-state index contributed by atoms with van der Waals surface area (Å²) in [6, 6.07) is 0. The van der Waals surface area contributed by atoms with Gasteiger partial charge in [-0.05, 0) is 33.5 Å². The number of carbonyl (C=O) groups is 1. The van der Waals surface area contributed by atoms with Gasteiger partial charge in [0.1, 0.15) is 5.76 Å². The Balaban J connectivity index is 4.27. The third kappa shape index (κ3) is 6.54. The molecule has 0 saturated carbocycles. The molecule has 0 rings (SSSR count). The van der Waals surface area contributed by atoms with E-state index in [0.29, 0.717) is 0 Å². The largest absolute Gasteiger partial charge is 0.509 e. The highest BCUT2D eigenvalue weighted by Crippen LogP contribution is 2.11. The van der Waals surface area contributed by atoms with E-state index >= 15 is 0 Å². The van der Waals surface area contributed by atoms with Gasteiger partial charge < -0.3 is 9.53 Å². The monoisotopic (exact) mass is 202 g/mol. The van der Waals surface area contributed by atoms with E-state index in [2.05, 4.69) is 0 Å². The van der Waals surface area contributed by atoms with Gasteiger partial charge in [0.15, 0.2) is 14.1 Å². The number of aliphatic hydroxyl groups excluding tert-OH is 1. The van der Waals surface area contributed by atoms with Crippen molar-refractivity contribution in [3.05, 3.63) is 11.8 Å². The van der Waals surface area contributed by atoms with Crippen molar-refractivity contribution in [1.82, 2.24) is 0 Å². The van der Waals surface area contributed by atoms with Gasteiger partial charge in [0.2, 0.25) is 0 Å². The molecule has 0 heterocycles. The Morgan fingerprint density at radius 3 is 2.23 bits per heavy atom. The van der Waals surface area contributed by atoms with Gasteiger partial charge in [0, 0.05) is 6.08 Å². The summed E-state index contributed by atoms with van der Waals surface area (Å²) >= 11 is 0. The van der Waals surface area contributed by atoms with E-state index in [-0.39, 0.29) is 17.6 Å². The van der Waals surface area contributed by atoms with Crippen LogP contribution in [0.4, 0.5) is 0 Å². The molecule has 0 spiro atoms. The highest BCUT2D eigenvalue weighted by molar-refractivity contribution is 6.69. The number of hydrogen-bond acceptors (Lipinski definition) is 3. The molecular formula is C9H18O3Si. The normalized spacial score (nSPS) is 15.6. The predicted octanol–water partition coefficient (Wildman–Crippen LogP) is 2.26. The van der Waals surface area contributed by atoms with Crippen LogP contribution < -0.4 is 0 Å². The molecule has 0 saturated heterocycles. The predicted molar refractivity (Wildman–Crippen MR) is 55.3 cm³/mol. The molecule has 0 aromatic rings. The van der Waals surface area contributed by atoms with Gasteiger partial charge in [-0.25, -0.2) is 0 Å². The van der Waals surface area contributed by atoms with Crippen LogP contribution in [0, 0.1) is 0 Å². The molecule has 1 N–H and O–H groups in total. The zero-order valence-electron chi connectivity index (χ0n) is 8.92. The van der Waals surface area contributed by atoms with Crippen LogP contribution in [0.15, 0.2) is 11.8 Å². The van der Waals surface area contributed by atoms with Crippen LogP contribution >= 0.6 is 0 Å². The fourth-order valence-electron chi connectivity index (χ4n) is 0.916. The van der Waals surface area contributed by atoms with Crippen molar-refractivity contribution >= 4 is 14.1 Å². The molecule has 1 atom stereocenters. The Kier molecular flexibility index (Phi) is 4.36. The fourth-order valence-corrected chi connectivity index (χ4v) is 2.10. The average molecular weight is 202 g/mol. The molecule has 0 fully saturated rings. The van der Waals surface area contributed by atoms with Crippen molar-refractivity contribution < 1.29 is 14.3 Å². The first kappa shape index (κ1) is 12.4. The lowest BCUT2D eigenvalue weighted by Gasteiger charge is -2.22. The Morgan fingerprint density at radius 2 is 1.92 bits per heavy atom. The lowest BCUT2D eigenvalue weighted by molar-refractivity contribution is -0.112. The smallest absolute Gasteiger partial charge is 0.184 e. The second-order valence-corrected chi connectivity index (χ2v) is 8.51. The van der Waals surface area contributed by atoms with Gasteiger partial charge in [0.05, 0.1) is 6.10 Å². The maximum atomic E-state index is 10.6. The maximum Gasteiger partial charge on any atom is 0.184 e. The summed E-state index contributed by atoms with van der Waals surface area (Å²) in [4.78, 5) is 10.6. The first-order valence-electron chi connectivity index (χ1n) is 4.31. The number of hydrogen-bond donors (Lipinski definition) is 1. The van der Waals surface area contributed by atoms with E-state index in [4.69, 9.17) is 4.43 Å². The zero-order chi connectivity index (χ0) is 10.6. The van der Waals surface area contributed by atoms with Gasteiger partial charge in [0.25, 0.3) is 0 Å². The van der Waals surface area contributed by atoms with Crippen molar-refractivity contribution in [2.45, 2.75) is 39.6 Å². The van der Waals surface area contributed by atoms with Crippen LogP contribution in [0.3, 0.4) is 0 Å². The van der Waals surface area contributed by atoms with Gasteiger partial charge in [-0.1, -0.05) is 0 Å². The molecule has 0 aliphatic rings. The molecule has 0 bridgehead atoms. The quantitative estimate of drug-likeness (QED) is 0.432. The first-order valence-corrected chi connectivity index (χ1v) is 7.72. The summed E-state index contributed by atoms with van der Waals surface area (Å²) in [7, 11) is -1.65. The Bertz CT molecular complexity index is 215. The van der Waals surface area contributed by atoms with Crippen molar-refractivity contribution in [3.8, 4) is 0 Å². The average Bonchev–Trinajstić information content (AvgIpc) is 1.81. The van der Waals surface area contributed by atoms with E-state index in [0.717, 1.165) is 0 Å². The minimum absolute atomic E-state index is 0.00919. The minimum atomic E-state index is -1.65. The number of rotatable bonds is 4. The topological polar surface area (TPSA) is 46.5 Å². The summed E-state index contributed by atoms with van der Waals surface area (Å²) in [5.41, 5.74) is 0. The molecule has 13 heavy (non-hydrogen) atoms. The number of aliphatic hydroxyl groups is 1. The molecule has 76 valence electrons. The van der Waals surface area contributed by atoms with Crippen molar-refractivity contribution in [1.29, 1.82) is 0 Å². The lowest BCUT2D eigenvalue weighted by Crippen LogP contribution is -2.31. The Morgan fingerprint density at radius 1 is 1.46 bits per heavy atom. The maximum absolute atomic E-state index is 10.6. The number of allylic oxidation sites excluding steroid dienone is 1. The van der Waals surface area contributed by atoms with E-state index in [9.17, 15) is 9.90 Å². The molecule has 0 aliphatic heterocycles. The molecule has 1 unspecified atom stereocenters. The summed E-state index contributed by atoms with van der Waals surface area (Å²) in [5.74, 6) is -0.154. The van der Waals surface area contributed by atoms with Crippen LogP contribution in [0.1, 0.15) is 13.8 Å². The van der Waals surface area contributed by atoms with Crippen LogP contribution in [0.25, 0.3) is 0 Å². The van der Waals surface area contributed by atoms with Gasteiger partial charge in [-0.2, -0.15) is 0 Å². The summed E-state index contributed by atoms with van der Waals surface area (Å²) in [5, 5.41) is 9.39. The SMILES string of the molecule is CC(=O)C=C(O)C(C)O[Si](C)(C)C. The van der Waals surface area contributed by atoms with Gasteiger partial charge >= 0.3 is 0 Å². The van der Waals surface area contributed by atoms with Crippen molar-refractivity contribution in [2.75, 3.05) is 0 Å². The molecule has 4 heteroatoms. The van der Waals surface area contributed by atoms with E-state index in [1.54, 1.807) is 6.92 Å². The zero-order valence-corrected chi connectivity index (χ0v) is 9.92. The van der Waals surface area contributed by atoms with E-state index < -0.39 is 8.32 Å². The van der Waals surface area contributed by atoms with Crippen LogP contribution in [0.5, 0.6) is 0 Å². The van der Waals surface area contributed by atoms with Crippen molar-refractivity contribution in [3.63, 3.8) is 0 Å². The van der Waals surface area contributed by atoms with Crippen molar-refractivity contribution in [2.24, 2.45) is 0 Å². The molecule has 0 aromatic heterocycles. The standard InChI is InChI=1S/C9H18O3Si/c1-7(10)6-9(11)8(2)12-13(3,4)5/h6,8,11H,1-5H3. The van der Waals surface area contributed by atoms with Crippen LogP contribution in [-0.4, -0.2) is 25.3 Å². The van der Waals surface area contributed by atoms with Gasteiger partial charge in [-0.3, -0.25) is 4.79 Å². The highest BCUT2D eigenvalue weighted by atomic mass is 28.4.